The van der Waals surface area contributed by atoms with E-state index in [1.54, 1.807) is 11.4 Å². The molecule has 4 rings (SSSR count). The van der Waals surface area contributed by atoms with Gasteiger partial charge in [0.2, 0.25) is 10.0 Å². The number of benzene rings is 2. The summed E-state index contributed by atoms with van der Waals surface area (Å²) in [7, 11) is -1.73. The van der Waals surface area contributed by atoms with Crippen LogP contribution >= 0.6 is 0 Å². The van der Waals surface area contributed by atoms with E-state index in [4.69, 9.17) is 4.74 Å². The fourth-order valence-corrected chi connectivity index (χ4v) is 5.25. The Kier molecular flexibility index (Phi) is 4.25. The van der Waals surface area contributed by atoms with E-state index in [1.165, 1.54) is 0 Å². The molecule has 3 aromatic rings. The maximum absolute atomic E-state index is 13.0. The second-order valence-corrected chi connectivity index (χ2v) is 8.70. The Morgan fingerprint density at radius 3 is 2.73 bits per heavy atom. The van der Waals surface area contributed by atoms with Crippen LogP contribution in [0.2, 0.25) is 0 Å². The average molecular weight is 370 g/mol. The van der Waals surface area contributed by atoms with Gasteiger partial charge in [-0.25, -0.2) is 8.42 Å². The van der Waals surface area contributed by atoms with Crippen LogP contribution in [0.15, 0.2) is 42.5 Å². The minimum Gasteiger partial charge on any atom is -0.495 e. The quantitative estimate of drug-likeness (QED) is 0.766. The molecule has 1 aliphatic rings. The van der Waals surface area contributed by atoms with Gasteiger partial charge in [-0.05, 0) is 29.7 Å². The van der Waals surface area contributed by atoms with Crippen molar-refractivity contribution in [2.45, 2.75) is 25.6 Å². The molecule has 1 aliphatic heterocycles. The number of aromatic nitrogens is 1. The normalized spacial score (nSPS) is 15.2. The van der Waals surface area contributed by atoms with Crippen molar-refractivity contribution in [1.29, 1.82) is 0 Å². The van der Waals surface area contributed by atoms with Crippen molar-refractivity contribution in [2.24, 2.45) is 0 Å². The van der Waals surface area contributed by atoms with Crippen molar-refractivity contribution in [1.82, 2.24) is 9.29 Å². The number of sulfonamides is 1. The average Bonchev–Trinajstić information content (AvgIpc) is 3.01. The van der Waals surface area contributed by atoms with Crippen molar-refractivity contribution < 1.29 is 13.2 Å². The summed E-state index contributed by atoms with van der Waals surface area (Å²) in [4.78, 5) is 3.42. The molecule has 0 fully saturated rings. The van der Waals surface area contributed by atoms with E-state index in [1.807, 2.05) is 49.4 Å². The van der Waals surface area contributed by atoms with Gasteiger partial charge in [-0.3, -0.25) is 0 Å². The van der Waals surface area contributed by atoms with Crippen LogP contribution in [0.4, 0.5) is 0 Å². The lowest BCUT2D eigenvalue weighted by atomic mass is 10.1. The second kappa shape index (κ2) is 6.45. The van der Waals surface area contributed by atoms with Gasteiger partial charge in [0, 0.05) is 30.6 Å². The van der Waals surface area contributed by atoms with E-state index in [-0.39, 0.29) is 5.75 Å². The highest BCUT2D eigenvalue weighted by molar-refractivity contribution is 7.88. The molecule has 0 amide bonds. The van der Waals surface area contributed by atoms with Crippen LogP contribution in [0.5, 0.6) is 5.75 Å². The van der Waals surface area contributed by atoms with Gasteiger partial charge in [0.25, 0.3) is 0 Å². The van der Waals surface area contributed by atoms with Gasteiger partial charge in [0.1, 0.15) is 5.75 Å². The Morgan fingerprint density at radius 2 is 1.96 bits per heavy atom. The fraction of sp³-hybridized carbons (Fsp3) is 0.300. The molecule has 136 valence electrons. The number of ether oxygens (including phenoxy) is 1. The third-order valence-corrected chi connectivity index (χ3v) is 6.92. The summed E-state index contributed by atoms with van der Waals surface area (Å²) >= 11 is 0. The number of H-pyrrole nitrogens is 1. The minimum atomic E-state index is -3.38. The van der Waals surface area contributed by atoms with Crippen molar-refractivity contribution in [3.8, 4) is 5.75 Å². The van der Waals surface area contributed by atoms with Gasteiger partial charge in [-0.1, -0.05) is 36.4 Å². The van der Waals surface area contributed by atoms with Gasteiger partial charge < -0.3 is 9.72 Å². The first-order valence-corrected chi connectivity index (χ1v) is 10.3. The highest BCUT2D eigenvalue weighted by atomic mass is 32.2. The molecular weight excluding hydrogens is 348 g/mol. The SMILES string of the molecule is COc1cccc2c3c([nH]c12)CCN(S(=O)(=O)Cc1ccccc1C)C3. The topological polar surface area (TPSA) is 62.4 Å². The van der Waals surface area contributed by atoms with Crippen LogP contribution in [0, 0.1) is 6.92 Å². The number of hydrogen-bond donors (Lipinski definition) is 1. The minimum absolute atomic E-state index is 0.0423. The number of fused-ring (bicyclic) bond motifs is 3. The van der Waals surface area contributed by atoms with Gasteiger partial charge >= 0.3 is 0 Å². The lowest BCUT2D eigenvalue weighted by Crippen LogP contribution is -2.36. The molecule has 2 aromatic carbocycles. The van der Waals surface area contributed by atoms with E-state index in [9.17, 15) is 8.42 Å². The first kappa shape index (κ1) is 17.1. The number of para-hydroxylation sites is 1. The van der Waals surface area contributed by atoms with E-state index < -0.39 is 10.0 Å². The Balaban J connectivity index is 1.67. The Bertz CT molecular complexity index is 1070. The van der Waals surface area contributed by atoms with E-state index in [0.717, 1.165) is 39.0 Å². The maximum atomic E-state index is 13.0. The molecular formula is C20H22N2O3S. The van der Waals surface area contributed by atoms with Crippen molar-refractivity contribution >= 4 is 20.9 Å². The molecule has 0 radical (unpaired) electrons. The maximum Gasteiger partial charge on any atom is 0.218 e. The lowest BCUT2D eigenvalue weighted by molar-refractivity contribution is 0.390. The van der Waals surface area contributed by atoms with Crippen LogP contribution in [-0.4, -0.2) is 31.4 Å². The molecule has 0 spiro atoms. The van der Waals surface area contributed by atoms with Gasteiger partial charge in [0.05, 0.1) is 18.4 Å². The lowest BCUT2D eigenvalue weighted by Gasteiger charge is -2.26. The zero-order valence-corrected chi connectivity index (χ0v) is 15.8. The number of nitrogens with one attached hydrogen (secondary N) is 1. The summed E-state index contributed by atoms with van der Waals surface area (Å²) in [6.45, 7) is 2.85. The first-order chi connectivity index (χ1) is 12.5. The predicted molar refractivity (Wildman–Crippen MR) is 103 cm³/mol. The van der Waals surface area contributed by atoms with E-state index in [2.05, 4.69) is 4.98 Å². The summed E-state index contributed by atoms with van der Waals surface area (Å²) in [5.74, 6) is 0.826. The van der Waals surface area contributed by atoms with Gasteiger partial charge in [-0.15, -0.1) is 0 Å². The number of rotatable bonds is 4. The summed E-state index contributed by atoms with van der Waals surface area (Å²) < 4.78 is 33.0. The molecule has 6 heteroatoms. The zero-order chi connectivity index (χ0) is 18.3. The van der Waals surface area contributed by atoms with Crippen molar-refractivity contribution in [3.05, 3.63) is 64.8 Å². The monoisotopic (exact) mass is 370 g/mol. The van der Waals surface area contributed by atoms with Crippen LogP contribution < -0.4 is 4.74 Å². The third kappa shape index (κ3) is 2.89. The smallest absolute Gasteiger partial charge is 0.218 e. The third-order valence-electron chi connectivity index (χ3n) is 5.15. The first-order valence-electron chi connectivity index (χ1n) is 8.68. The molecule has 0 saturated heterocycles. The number of aryl methyl sites for hydroxylation is 1. The molecule has 1 aromatic heterocycles. The summed E-state index contributed by atoms with van der Waals surface area (Å²) in [6.07, 6.45) is 0.681. The number of nitrogens with zero attached hydrogens (tertiary/aromatic N) is 1. The van der Waals surface area contributed by atoms with Crippen LogP contribution in [-0.2, 0) is 28.7 Å². The molecule has 5 nitrogen and oxygen atoms in total. The van der Waals surface area contributed by atoms with Crippen LogP contribution in [0.1, 0.15) is 22.4 Å². The summed E-state index contributed by atoms with van der Waals surface area (Å²) in [5, 5.41) is 1.04. The van der Waals surface area contributed by atoms with E-state index in [0.29, 0.717) is 19.5 Å². The van der Waals surface area contributed by atoms with Crippen LogP contribution in [0.3, 0.4) is 0 Å². The zero-order valence-electron chi connectivity index (χ0n) is 15.0. The van der Waals surface area contributed by atoms with Gasteiger partial charge in [-0.2, -0.15) is 4.31 Å². The highest BCUT2D eigenvalue weighted by Gasteiger charge is 2.29. The second-order valence-electron chi connectivity index (χ2n) is 6.73. The predicted octanol–water partition coefficient (Wildman–Crippen LogP) is 3.37. The Labute approximate surface area is 153 Å². The van der Waals surface area contributed by atoms with Crippen molar-refractivity contribution in [2.75, 3.05) is 13.7 Å². The van der Waals surface area contributed by atoms with Crippen LogP contribution in [0.25, 0.3) is 10.9 Å². The summed E-state index contributed by atoms with van der Waals surface area (Å²) in [5.41, 5.74) is 4.97. The molecule has 0 bridgehead atoms. The molecule has 0 aliphatic carbocycles. The number of hydrogen-bond acceptors (Lipinski definition) is 3. The fourth-order valence-electron chi connectivity index (χ4n) is 3.65. The molecule has 2 heterocycles. The Hall–Kier alpha value is -2.31. The number of methoxy groups -OCH3 is 1. The summed E-state index contributed by atoms with van der Waals surface area (Å²) in [6, 6.07) is 13.5. The molecule has 0 saturated carbocycles. The largest absolute Gasteiger partial charge is 0.495 e. The highest BCUT2D eigenvalue weighted by Crippen LogP contribution is 2.33. The van der Waals surface area contributed by atoms with E-state index >= 15 is 0 Å². The molecule has 26 heavy (non-hydrogen) atoms. The molecule has 0 atom stereocenters. The molecule has 0 unspecified atom stereocenters. The van der Waals surface area contributed by atoms with Gasteiger partial charge in [0.15, 0.2) is 0 Å². The molecule has 1 N–H and O–H groups in total. The standard InChI is InChI=1S/C20H22N2O3S/c1-14-6-3-4-7-15(14)13-26(23,24)22-11-10-18-17(12-22)16-8-5-9-19(25-2)20(16)21-18/h3-9,21H,10-13H2,1-2H3. The number of aromatic amines is 1. The van der Waals surface area contributed by atoms with Crippen molar-refractivity contribution in [3.63, 3.8) is 0 Å². The Morgan fingerprint density at radius 1 is 1.15 bits per heavy atom.